The summed E-state index contributed by atoms with van der Waals surface area (Å²) in [7, 11) is 0. The van der Waals surface area contributed by atoms with Gasteiger partial charge in [-0.1, -0.05) is 18.2 Å². The minimum absolute atomic E-state index is 0.0949. The van der Waals surface area contributed by atoms with Crippen molar-refractivity contribution in [2.24, 2.45) is 5.73 Å². The maximum Gasteiger partial charge on any atom is 0.326 e. The molecule has 0 aliphatic carbocycles. The topological polar surface area (TPSA) is 244 Å². The summed E-state index contributed by atoms with van der Waals surface area (Å²) in [5.74, 6) is -5.84. The number of aromatic nitrogens is 1. The van der Waals surface area contributed by atoms with E-state index in [-0.39, 0.29) is 6.42 Å². The molecule has 2 rings (SSSR count). The molecule has 14 nitrogen and oxygen atoms in total. The van der Waals surface area contributed by atoms with E-state index < -0.39 is 73.0 Å². The highest BCUT2D eigenvalue weighted by Gasteiger charge is 2.33. The second-order valence-corrected chi connectivity index (χ2v) is 8.14. The number of aliphatic hydroxyl groups is 2. The molecule has 10 N–H and O–H groups in total. The Morgan fingerprint density at radius 1 is 0.972 bits per heavy atom. The van der Waals surface area contributed by atoms with E-state index in [9.17, 15) is 39.3 Å². The van der Waals surface area contributed by atoms with E-state index in [1.165, 1.54) is 6.92 Å². The predicted molar refractivity (Wildman–Crippen MR) is 124 cm³/mol. The van der Waals surface area contributed by atoms with Gasteiger partial charge in [0.15, 0.2) is 0 Å². The van der Waals surface area contributed by atoms with Crippen molar-refractivity contribution in [3.8, 4) is 0 Å². The Labute approximate surface area is 204 Å². The smallest absolute Gasteiger partial charge is 0.326 e. The molecule has 1 heterocycles. The summed E-state index contributed by atoms with van der Waals surface area (Å²) in [5, 5.41) is 45.1. The Morgan fingerprint density at radius 3 is 2.19 bits per heavy atom. The van der Waals surface area contributed by atoms with Crippen molar-refractivity contribution in [1.82, 2.24) is 20.9 Å². The number of carbonyl (C=O) groups is 5. The Morgan fingerprint density at radius 2 is 1.61 bits per heavy atom. The van der Waals surface area contributed by atoms with Gasteiger partial charge in [0.05, 0.1) is 25.2 Å². The summed E-state index contributed by atoms with van der Waals surface area (Å²) >= 11 is 0. The molecule has 1 aromatic carbocycles. The summed E-state index contributed by atoms with van der Waals surface area (Å²) in [4.78, 5) is 62.8. The number of amides is 3. The van der Waals surface area contributed by atoms with Gasteiger partial charge in [0.1, 0.15) is 18.1 Å². The number of rotatable bonds is 13. The largest absolute Gasteiger partial charge is 0.481 e. The van der Waals surface area contributed by atoms with Gasteiger partial charge in [0, 0.05) is 23.5 Å². The maximum atomic E-state index is 12.8. The van der Waals surface area contributed by atoms with Crippen LogP contribution in [0.1, 0.15) is 18.9 Å². The number of nitrogens with one attached hydrogen (secondary N) is 4. The fraction of sp³-hybridized carbons (Fsp3) is 0.409. The van der Waals surface area contributed by atoms with E-state index in [0.717, 1.165) is 10.9 Å². The molecule has 2 aromatic rings. The zero-order chi connectivity index (χ0) is 27.0. The number of H-pyrrole nitrogens is 1. The van der Waals surface area contributed by atoms with Crippen LogP contribution in [0.15, 0.2) is 30.5 Å². The van der Waals surface area contributed by atoms with Crippen LogP contribution in [-0.2, 0) is 30.4 Å². The number of nitrogens with two attached hydrogens (primary N) is 1. The number of aliphatic carboxylic acids is 2. The first-order valence-corrected chi connectivity index (χ1v) is 10.9. The quantitative estimate of drug-likeness (QED) is 0.137. The van der Waals surface area contributed by atoms with Crippen LogP contribution in [0.25, 0.3) is 10.9 Å². The van der Waals surface area contributed by atoms with E-state index >= 15 is 0 Å². The van der Waals surface area contributed by atoms with Gasteiger partial charge in [-0.25, -0.2) is 4.79 Å². The van der Waals surface area contributed by atoms with Crippen LogP contribution in [0, 0.1) is 0 Å². The van der Waals surface area contributed by atoms with Gasteiger partial charge < -0.3 is 47.1 Å². The Hall–Kier alpha value is -4.01. The molecule has 196 valence electrons. The summed E-state index contributed by atoms with van der Waals surface area (Å²) in [6.07, 6.45) is -0.690. The number of hydrogen-bond donors (Lipinski definition) is 9. The molecule has 0 aliphatic heterocycles. The number of aromatic amines is 1. The Kier molecular flexibility index (Phi) is 9.90. The lowest BCUT2D eigenvalue weighted by Gasteiger charge is -2.25. The SMILES string of the molecule is CC(O)C(NC(=O)C(CO)NC(=O)C(N)CC(=O)O)C(=O)NC(Cc1c[nH]c2ccccc12)C(=O)O. The molecule has 0 saturated heterocycles. The molecule has 5 unspecified atom stereocenters. The van der Waals surface area contributed by atoms with Crippen molar-refractivity contribution in [2.45, 2.75) is 50.0 Å². The lowest BCUT2D eigenvalue weighted by atomic mass is 10.0. The molecule has 5 atom stereocenters. The Bertz CT molecular complexity index is 1120. The van der Waals surface area contributed by atoms with Crippen LogP contribution < -0.4 is 21.7 Å². The molecular weight excluding hydrogens is 478 g/mol. The average Bonchev–Trinajstić information content (AvgIpc) is 3.22. The predicted octanol–water partition coefficient (Wildman–Crippen LogP) is -2.58. The van der Waals surface area contributed by atoms with Gasteiger partial charge >= 0.3 is 11.9 Å². The summed E-state index contributed by atoms with van der Waals surface area (Å²) in [6.45, 7) is 0.249. The normalized spacial score (nSPS) is 15.2. The summed E-state index contributed by atoms with van der Waals surface area (Å²) in [6, 6.07) is 1.00. The summed E-state index contributed by atoms with van der Waals surface area (Å²) < 4.78 is 0. The number of carbonyl (C=O) groups excluding carboxylic acids is 3. The van der Waals surface area contributed by atoms with Crippen molar-refractivity contribution in [1.29, 1.82) is 0 Å². The number of fused-ring (bicyclic) bond motifs is 1. The molecular formula is C22H29N5O9. The highest BCUT2D eigenvalue weighted by atomic mass is 16.4. The number of hydrogen-bond acceptors (Lipinski definition) is 8. The van der Waals surface area contributed by atoms with Gasteiger partial charge in [0.25, 0.3) is 0 Å². The van der Waals surface area contributed by atoms with Gasteiger partial charge in [0.2, 0.25) is 17.7 Å². The van der Waals surface area contributed by atoms with Gasteiger partial charge in [-0.2, -0.15) is 0 Å². The monoisotopic (exact) mass is 507 g/mol. The Balaban J connectivity index is 2.09. The molecule has 0 saturated carbocycles. The average molecular weight is 508 g/mol. The van der Waals surface area contributed by atoms with Crippen LogP contribution in [0.5, 0.6) is 0 Å². The minimum Gasteiger partial charge on any atom is -0.481 e. The molecule has 0 fully saturated rings. The van der Waals surface area contributed by atoms with E-state index in [1.54, 1.807) is 30.5 Å². The minimum atomic E-state index is -1.64. The first-order chi connectivity index (χ1) is 16.9. The van der Waals surface area contributed by atoms with Crippen LogP contribution in [-0.4, -0.2) is 91.9 Å². The number of benzene rings is 1. The van der Waals surface area contributed by atoms with E-state index in [0.29, 0.717) is 5.56 Å². The van der Waals surface area contributed by atoms with E-state index in [1.807, 2.05) is 0 Å². The molecule has 0 bridgehead atoms. The van der Waals surface area contributed by atoms with Crippen LogP contribution in [0.4, 0.5) is 0 Å². The zero-order valence-corrected chi connectivity index (χ0v) is 19.3. The van der Waals surface area contributed by atoms with E-state index in [2.05, 4.69) is 20.9 Å². The molecule has 0 spiro atoms. The second-order valence-electron chi connectivity index (χ2n) is 8.14. The van der Waals surface area contributed by atoms with Gasteiger partial charge in [-0.15, -0.1) is 0 Å². The van der Waals surface area contributed by atoms with Crippen molar-refractivity contribution < 1.29 is 44.4 Å². The van der Waals surface area contributed by atoms with Crippen LogP contribution >= 0.6 is 0 Å². The highest BCUT2D eigenvalue weighted by Crippen LogP contribution is 2.19. The standard InChI is InChI=1S/C22H29N5O9/c1-10(29)18(27-20(33)16(9-28)26-19(32)13(23)7-17(30)31)21(34)25-15(22(35)36)6-11-8-24-14-5-3-2-4-12(11)14/h2-5,8,10,13,15-16,18,24,28-29H,6-7,9,23H2,1H3,(H,25,34)(H,26,32)(H,27,33)(H,30,31)(H,35,36). The lowest BCUT2D eigenvalue weighted by Crippen LogP contribution is -2.60. The van der Waals surface area contributed by atoms with Gasteiger partial charge in [-0.05, 0) is 18.6 Å². The first-order valence-electron chi connectivity index (χ1n) is 10.9. The number of carboxylic acid groups (broad SMARTS) is 2. The number of para-hydroxylation sites is 1. The van der Waals surface area contributed by atoms with E-state index in [4.69, 9.17) is 10.8 Å². The second kappa shape index (κ2) is 12.6. The fourth-order valence-electron chi connectivity index (χ4n) is 3.39. The third-order valence-electron chi connectivity index (χ3n) is 5.32. The molecule has 0 aliphatic rings. The van der Waals surface area contributed by atoms with Crippen molar-refractivity contribution in [3.05, 3.63) is 36.0 Å². The third kappa shape index (κ3) is 7.49. The van der Waals surface area contributed by atoms with Crippen LogP contribution in [0.3, 0.4) is 0 Å². The number of carboxylic acids is 2. The molecule has 1 aromatic heterocycles. The van der Waals surface area contributed by atoms with Gasteiger partial charge in [-0.3, -0.25) is 19.2 Å². The molecule has 0 radical (unpaired) electrons. The summed E-state index contributed by atoms with van der Waals surface area (Å²) in [5.41, 5.74) is 6.82. The van der Waals surface area contributed by atoms with Crippen molar-refractivity contribution >= 4 is 40.6 Å². The first kappa shape index (κ1) is 28.2. The lowest BCUT2D eigenvalue weighted by molar-refractivity contribution is -0.143. The molecule has 36 heavy (non-hydrogen) atoms. The molecule has 14 heteroatoms. The highest BCUT2D eigenvalue weighted by molar-refractivity contribution is 5.95. The van der Waals surface area contributed by atoms with Crippen molar-refractivity contribution in [3.63, 3.8) is 0 Å². The fourth-order valence-corrected chi connectivity index (χ4v) is 3.39. The third-order valence-corrected chi connectivity index (χ3v) is 5.32. The van der Waals surface area contributed by atoms with Crippen molar-refractivity contribution in [2.75, 3.05) is 6.61 Å². The van der Waals surface area contributed by atoms with Crippen LogP contribution in [0.2, 0.25) is 0 Å². The molecule has 3 amide bonds. The maximum absolute atomic E-state index is 12.8. The number of aliphatic hydroxyl groups excluding tert-OH is 2. The zero-order valence-electron chi connectivity index (χ0n) is 19.3.